The largest absolute Gasteiger partial charge is 0.444 e. The standard InChI is InChI=1S/C16H24N2O3/c1-16(2,3)21-15(19)18-14-8-6-5-7-13(14)17-11-9-12(10-11)20-4/h5-8,11-12,17H,9-10H2,1-4H3,(H,18,19). The first-order chi connectivity index (χ1) is 9.87. The molecule has 0 atom stereocenters. The quantitative estimate of drug-likeness (QED) is 0.889. The zero-order valence-electron chi connectivity index (χ0n) is 13.1. The number of nitrogens with one attached hydrogen (secondary N) is 2. The van der Waals surface area contributed by atoms with Crippen molar-refractivity contribution in [2.75, 3.05) is 17.7 Å². The van der Waals surface area contributed by atoms with Crippen LogP contribution < -0.4 is 10.6 Å². The highest BCUT2D eigenvalue weighted by molar-refractivity contribution is 5.89. The minimum absolute atomic E-state index is 0.341. The number of anilines is 2. The molecule has 1 amide bonds. The number of carbonyl (C=O) groups excluding carboxylic acids is 1. The second kappa shape index (κ2) is 6.35. The number of hydrogen-bond donors (Lipinski definition) is 2. The van der Waals surface area contributed by atoms with E-state index in [9.17, 15) is 4.79 Å². The Bertz CT molecular complexity index is 491. The lowest BCUT2D eigenvalue weighted by Gasteiger charge is -2.35. The van der Waals surface area contributed by atoms with Crippen molar-refractivity contribution in [3.8, 4) is 0 Å². The summed E-state index contributed by atoms with van der Waals surface area (Å²) < 4.78 is 10.6. The van der Waals surface area contributed by atoms with Gasteiger partial charge < -0.3 is 14.8 Å². The maximum Gasteiger partial charge on any atom is 0.412 e. The number of hydrogen-bond acceptors (Lipinski definition) is 4. The van der Waals surface area contributed by atoms with E-state index in [1.807, 2.05) is 45.0 Å². The zero-order chi connectivity index (χ0) is 15.5. The van der Waals surface area contributed by atoms with E-state index in [0.29, 0.717) is 12.1 Å². The molecular weight excluding hydrogens is 268 g/mol. The Morgan fingerprint density at radius 1 is 1.19 bits per heavy atom. The van der Waals surface area contributed by atoms with Crippen LogP contribution in [0.2, 0.25) is 0 Å². The summed E-state index contributed by atoms with van der Waals surface area (Å²) in [5, 5.41) is 6.22. The van der Waals surface area contributed by atoms with Crippen LogP contribution in [0.25, 0.3) is 0 Å². The SMILES string of the molecule is COC1CC(Nc2ccccc2NC(=O)OC(C)(C)C)C1. The van der Waals surface area contributed by atoms with E-state index in [0.717, 1.165) is 24.2 Å². The van der Waals surface area contributed by atoms with Crippen molar-refractivity contribution in [2.24, 2.45) is 0 Å². The van der Waals surface area contributed by atoms with Crippen LogP contribution in [-0.4, -0.2) is 30.9 Å². The van der Waals surface area contributed by atoms with Crippen LogP contribution in [0.15, 0.2) is 24.3 Å². The fourth-order valence-corrected chi connectivity index (χ4v) is 2.23. The van der Waals surface area contributed by atoms with Gasteiger partial charge in [-0.25, -0.2) is 4.79 Å². The molecule has 116 valence electrons. The maximum atomic E-state index is 11.9. The number of carbonyl (C=O) groups is 1. The molecule has 0 spiro atoms. The molecule has 1 saturated carbocycles. The first-order valence-electron chi connectivity index (χ1n) is 7.26. The van der Waals surface area contributed by atoms with E-state index in [1.54, 1.807) is 7.11 Å². The monoisotopic (exact) mass is 292 g/mol. The van der Waals surface area contributed by atoms with Gasteiger partial charge in [-0.3, -0.25) is 5.32 Å². The highest BCUT2D eigenvalue weighted by Gasteiger charge is 2.29. The lowest BCUT2D eigenvalue weighted by Crippen LogP contribution is -2.40. The van der Waals surface area contributed by atoms with Gasteiger partial charge in [-0.1, -0.05) is 12.1 Å². The van der Waals surface area contributed by atoms with Crippen molar-refractivity contribution in [1.82, 2.24) is 0 Å². The summed E-state index contributed by atoms with van der Waals surface area (Å²) in [4.78, 5) is 11.9. The molecule has 2 rings (SSSR count). The van der Waals surface area contributed by atoms with Crippen LogP contribution in [0.5, 0.6) is 0 Å². The van der Waals surface area contributed by atoms with Crippen molar-refractivity contribution >= 4 is 17.5 Å². The number of ether oxygens (including phenoxy) is 2. The van der Waals surface area contributed by atoms with Crippen LogP contribution >= 0.6 is 0 Å². The minimum atomic E-state index is -0.508. The molecule has 1 aromatic rings. The molecule has 0 bridgehead atoms. The second-order valence-electron chi connectivity index (χ2n) is 6.34. The molecule has 1 fully saturated rings. The third-order valence-electron chi connectivity index (χ3n) is 3.35. The number of methoxy groups -OCH3 is 1. The molecule has 1 aliphatic carbocycles. The number of benzene rings is 1. The second-order valence-corrected chi connectivity index (χ2v) is 6.34. The summed E-state index contributed by atoms with van der Waals surface area (Å²) in [5.41, 5.74) is 1.13. The molecule has 0 saturated heterocycles. The highest BCUT2D eigenvalue weighted by atomic mass is 16.6. The van der Waals surface area contributed by atoms with Gasteiger partial charge in [0.25, 0.3) is 0 Å². The van der Waals surface area contributed by atoms with Crippen LogP contribution in [0.3, 0.4) is 0 Å². The first-order valence-corrected chi connectivity index (χ1v) is 7.26. The number of rotatable bonds is 4. The topological polar surface area (TPSA) is 59.6 Å². The number of amides is 1. The summed E-state index contributed by atoms with van der Waals surface area (Å²) in [6.07, 6.45) is 1.86. The van der Waals surface area contributed by atoms with E-state index in [4.69, 9.17) is 9.47 Å². The van der Waals surface area contributed by atoms with Gasteiger partial charge in [-0.2, -0.15) is 0 Å². The third-order valence-corrected chi connectivity index (χ3v) is 3.35. The Kier molecular flexibility index (Phi) is 4.73. The van der Waals surface area contributed by atoms with Gasteiger partial charge in [0.1, 0.15) is 5.60 Å². The fraction of sp³-hybridized carbons (Fsp3) is 0.562. The molecule has 0 radical (unpaired) electrons. The summed E-state index contributed by atoms with van der Waals surface area (Å²) in [7, 11) is 1.74. The van der Waals surface area contributed by atoms with E-state index < -0.39 is 11.7 Å². The van der Waals surface area contributed by atoms with Crippen molar-refractivity contribution in [2.45, 2.75) is 51.4 Å². The molecule has 1 aromatic carbocycles. The third kappa shape index (κ3) is 4.63. The van der Waals surface area contributed by atoms with E-state index in [2.05, 4.69) is 10.6 Å². The van der Waals surface area contributed by atoms with E-state index >= 15 is 0 Å². The van der Waals surface area contributed by atoms with Gasteiger partial charge in [0.05, 0.1) is 17.5 Å². The van der Waals surface area contributed by atoms with Gasteiger partial charge in [0.2, 0.25) is 0 Å². The Morgan fingerprint density at radius 3 is 2.38 bits per heavy atom. The molecular formula is C16H24N2O3. The normalized spacial score (nSPS) is 21.3. The van der Waals surface area contributed by atoms with Gasteiger partial charge in [-0.15, -0.1) is 0 Å². The van der Waals surface area contributed by atoms with Crippen LogP contribution in [0.1, 0.15) is 33.6 Å². The Hall–Kier alpha value is -1.75. The smallest absolute Gasteiger partial charge is 0.412 e. The van der Waals surface area contributed by atoms with E-state index in [-0.39, 0.29) is 0 Å². The van der Waals surface area contributed by atoms with Gasteiger partial charge >= 0.3 is 6.09 Å². The van der Waals surface area contributed by atoms with Gasteiger partial charge in [-0.05, 0) is 45.7 Å². The lowest BCUT2D eigenvalue weighted by atomic mass is 9.89. The van der Waals surface area contributed by atoms with Crippen LogP contribution in [-0.2, 0) is 9.47 Å². The Morgan fingerprint density at radius 2 is 1.81 bits per heavy atom. The molecule has 2 N–H and O–H groups in total. The zero-order valence-corrected chi connectivity index (χ0v) is 13.1. The van der Waals surface area contributed by atoms with Crippen LogP contribution in [0, 0.1) is 0 Å². The van der Waals surface area contributed by atoms with Gasteiger partial charge in [0, 0.05) is 13.2 Å². The first kappa shape index (κ1) is 15.6. The van der Waals surface area contributed by atoms with Crippen molar-refractivity contribution < 1.29 is 14.3 Å². The molecule has 0 aliphatic heterocycles. The molecule has 5 heteroatoms. The predicted molar refractivity (Wildman–Crippen MR) is 83.7 cm³/mol. The van der Waals surface area contributed by atoms with Crippen molar-refractivity contribution in [1.29, 1.82) is 0 Å². The minimum Gasteiger partial charge on any atom is -0.444 e. The Balaban J connectivity index is 1.95. The summed E-state index contributed by atoms with van der Waals surface area (Å²) in [5.74, 6) is 0. The maximum absolute atomic E-state index is 11.9. The van der Waals surface area contributed by atoms with Gasteiger partial charge in [0.15, 0.2) is 0 Å². The summed E-state index contributed by atoms with van der Waals surface area (Å²) in [6, 6.07) is 8.02. The molecule has 1 aliphatic rings. The van der Waals surface area contributed by atoms with Crippen molar-refractivity contribution in [3.05, 3.63) is 24.3 Å². The Labute approximate surface area is 126 Å². The highest BCUT2D eigenvalue weighted by Crippen LogP contribution is 2.30. The average molecular weight is 292 g/mol. The fourth-order valence-electron chi connectivity index (χ4n) is 2.23. The molecule has 21 heavy (non-hydrogen) atoms. The molecule has 0 unspecified atom stereocenters. The summed E-state index contributed by atoms with van der Waals surface area (Å²) in [6.45, 7) is 5.53. The predicted octanol–water partition coefficient (Wildman–Crippen LogP) is 3.62. The molecule has 0 heterocycles. The van der Waals surface area contributed by atoms with Crippen molar-refractivity contribution in [3.63, 3.8) is 0 Å². The lowest BCUT2D eigenvalue weighted by molar-refractivity contribution is 0.0328. The number of para-hydroxylation sites is 2. The van der Waals surface area contributed by atoms with Crippen LogP contribution in [0.4, 0.5) is 16.2 Å². The summed E-state index contributed by atoms with van der Waals surface area (Å²) >= 11 is 0. The molecule has 0 aromatic heterocycles. The molecule has 5 nitrogen and oxygen atoms in total. The average Bonchev–Trinajstić information content (AvgIpc) is 2.32. The van der Waals surface area contributed by atoms with E-state index in [1.165, 1.54) is 0 Å².